The number of H-pyrrole nitrogens is 1. The molecule has 1 fully saturated rings. The lowest BCUT2D eigenvalue weighted by atomic mass is 9.97. The molecule has 0 unspecified atom stereocenters. The monoisotopic (exact) mass is 415 g/mol. The Hall–Kier alpha value is -3.74. The number of rotatable bonds is 8. The molecular formula is C24H25N5O2. The second-order valence-electron chi connectivity index (χ2n) is 7.78. The van der Waals surface area contributed by atoms with E-state index in [1.165, 1.54) is 18.9 Å². The van der Waals surface area contributed by atoms with E-state index in [0.29, 0.717) is 18.3 Å². The zero-order chi connectivity index (χ0) is 21.8. The minimum atomic E-state index is -0.302. The van der Waals surface area contributed by atoms with Gasteiger partial charge in [0.15, 0.2) is 5.82 Å². The van der Waals surface area contributed by atoms with Gasteiger partial charge in [-0.15, -0.1) is 0 Å². The largest absolute Gasteiger partial charge is 0.347 e. The maximum absolute atomic E-state index is 12.6. The van der Waals surface area contributed by atoms with E-state index in [-0.39, 0.29) is 17.7 Å². The zero-order valence-corrected chi connectivity index (χ0v) is 17.4. The Kier molecular flexibility index (Phi) is 5.93. The highest BCUT2D eigenvalue weighted by molar-refractivity contribution is 5.95. The number of nitrogens with one attached hydrogen (secondary N) is 3. The lowest BCUT2D eigenvalue weighted by molar-refractivity contribution is -0.117. The van der Waals surface area contributed by atoms with Crippen molar-refractivity contribution in [3.05, 3.63) is 78.3 Å². The second kappa shape index (κ2) is 8.95. The van der Waals surface area contributed by atoms with Gasteiger partial charge in [0.25, 0.3) is 0 Å². The molecule has 1 saturated carbocycles. The van der Waals surface area contributed by atoms with Crippen molar-refractivity contribution in [2.75, 3.05) is 5.32 Å². The molecule has 4 rings (SSSR count). The van der Waals surface area contributed by atoms with Crippen LogP contribution >= 0.6 is 0 Å². The number of pyridine rings is 1. The lowest BCUT2D eigenvalue weighted by Crippen LogP contribution is -2.20. The molecule has 1 aromatic carbocycles. The summed E-state index contributed by atoms with van der Waals surface area (Å²) in [5.41, 5.74) is 4.76. The summed E-state index contributed by atoms with van der Waals surface area (Å²) >= 11 is 0. The summed E-state index contributed by atoms with van der Waals surface area (Å²) in [6.45, 7) is 5.66. The molecule has 3 N–H and O–H groups in total. The van der Waals surface area contributed by atoms with E-state index in [0.717, 1.165) is 28.1 Å². The third-order valence-electron chi connectivity index (χ3n) is 5.46. The van der Waals surface area contributed by atoms with Gasteiger partial charge in [-0.2, -0.15) is 5.10 Å². The summed E-state index contributed by atoms with van der Waals surface area (Å²) in [5, 5.41) is 12.8. The molecule has 0 aliphatic heterocycles. The first-order valence-corrected chi connectivity index (χ1v) is 10.3. The SMILES string of the molecule is C=CC(=O)NCc1ccc(-c2ccc([C@H](C)C(=O)Nc3cc(C4CC4)[nH]n3)cc2)cn1. The quantitative estimate of drug-likeness (QED) is 0.486. The Morgan fingerprint density at radius 1 is 1.19 bits per heavy atom. The molecule has 0 radical (unpaired) electrons. The predicted molar refractivity (Wildman–Crippen MR) is 119 cm³/mol. The molecule has 3 aromatic rings. The Morgan fingerprint density at radius 2 is 1.94 bits per heavy atom. The zero-order valence-electron chi connectivity index (χ0n) is 17.4. The summed E-state index contributed by atoms with van der Waals surface area (Å²) in [7, 11) is 0. The van der Waals surface area contributed by atoms with Crippen LogP contribution in [0, 0.1) is 0 Å². The van der Waals surface area contributed by atoms with Crippen LogP contribution < -0.4 is 10.6 Å². The molecule has 1 atom stereocenters. The van der Waals surface area contributed by atoms with Crippen LogP contribution in [0.1, 0.15) is 48.6 Å². The molecule has 1 aliphatic rings. The molecule has 31 heavy (non-hydrogen) atoms. The number of aromatic amines is 1. The van der Waals surface area contributed by atoms with Crippen molar-refractivity contribution in [3.63, 3.8) is 0 Å². The number of benzene rings is 1. The number of aromatic nitrogens is 3. The molecule has 0 bridgehead atoms. The van der Waals surface area contributed by atoms with Crippen LogP contribution in [0.2, 0.25) is 0 Å². The van der Waals surface area contributed by atoms with Gasteiger partial charge in [-0.1, -0.05) is 36.9 Å². The van der Waals surface area contributed by atoms with Gasteiger partial charge in [-0.3, -0.25) is 19.7 Å². The summed E-state index contributed by atoms with van der Waals surface area (Å²) in [6, 6.07) is 13.6. The van der Waals surface area contributed by atoms with Crippen molar-refractivity contribution in [1.29, 1.82) is 0 Å². The highest BCUT2D eigenvalue weighted by atomic mass is 16.2. The maximum Gasteiger partial charge on any atom is 0.243 e. The highest BCUT2D eigenvalue weighted by Crippen LogP contribution is 2.39. The third-order valence-corrected chi connectivity index (χ3v) is 5.46. The minimum absolute atomic E-state index is 0.0887. The average Bonchev–Trinajstić information content (AvgIpc) is 3.56. The number of hydrogen-bond acceptors (Lipinski definition) is 4. The summed E-state index contributed by atoms with van der Waals surface area (Å²) in [6.07, 6.45) is 5.37. The predicted octanol–water partition coefficient (Wildman–Crippen LogP) is 3.89. The number of carbonyl (C=O) groups excluding carboxylic acids is 2. The fourth-order valence-corrected chi connectivity index (χ4v) is 3.30. The Labute approximate surface area is 181 Å². The van der Waals surface area contributed by atoms with Crippen molar-refractivity contribution in [2.45, 2.75) is 38.1 Å². The van der Waals surface area contributed by atoms with Gasteiger partial charge < -0.3 is 10.6 Å². The summed E-state index contributed by atoms with van der Waals surface area (Å²) in [5.74, 6) is 0.525. The standard InChI is InChI=1S/C24H25N5O2/c1-3-23(30)26-14-20-11-10-19(13-25-20)17-6-4-16(5-7-17)15(2)24(31)27-22-12-21(28-29-22)18-8-9-18/h3-7,10-13,15,18H,1,8-9,14H2,2H3,(H,26,30)(H2,27,28,29,31)/t15-/m0/s1. The minimum Gasteiger partial charge on any atom is -0.347 e. The first kappa shape index (κ1) is 20.5. The van der Waals surface area contributed by atoms with E-state index in [1.54, 1.807) is 6.20 Å². The van der Waals surface area contributed by atoms with Gasteiger partial charge in [0.2, 0.25) is 11.8 Å². The molecule has 158 valence electrons. The van der Waals surface area contributed by atoms with Crippen LogP contribution in [0.4, 0.5) is 5.82 Å². The molecular weight excluding hydrogens is 390 g/mol. The molecule has 1 aliphatic carbocycles. The topological polar surface area (TPSA) is 99.8 Å². The number of amides is 2. The molecule has 2 aromatic heterocycles. The number of nitrogens with zero attached hydrogens (tertiary/aromatic N) is 2. The fraction of sp³-hybridized carbons (Fsp3) is 0.250. The first-order valence-electron chi connectivity index (χ1n) is 10.3. The van der Waals surface area contributed by atoms with Crippen LogP contribution in [0.5, 0.6) is 0 Å². The number of hydrogen-bond donors (Lipinski definition) is 3. The highest BCUT2D eigenvalue weighted by Gasteiger charge is 2.26. The smallest absolute Gasteiger partial charge is 0.243 e. The van der Waals surface area contributed by atoms with Crippen molar-refractivity contribution in [1.82, 2.24) is 20.5 Å². The van der Waals surface area contributed by atoms with Crippen molar-refractivity contribution in [3.8, 4) is 11.1 Å². The van der Waals surface area contributed by atoms with Crippen molar-refractivity contribution in [2.24, 2.45) is 0 Å². The number of carbonyl (C=O) groups is 2. The Morgan fingerprint density at radius 3 is 2.58 bits per heavy atom. The van der Waals surface area contributed by atoms with Crippen LogP contribution in [0.3, 0.4) is 0 Å². The van der Waals surface area contributed by atoms with E-state index in [4.69, 9.17) is 0 Å². The normalized spacial score (nSPS) is 14.0. The molecule has 0 spiro atoms. The first-order chi connectivity index (χ1) is 15.0. The van der Waals surface area contributed by atoms with Crippen molar-refractivity contribution >= 4 is 17.6 Å². The second-order valence-corrected chi connectivity index (χ2v) is 7.78. The average molecular weight is 415 g/mol. The van der Waals surface area contributed by atoms with Crippen LogP contribution in [0.25, 0.3) is 11.1 Å². The Bertz CT molecular complexity index is 1080. The molecule has 7 nitrogen and oxygen atoms in total. The van der Waals surface area contributed by atoms with Gasteiger partial charge in [0.05, 0.1) is 18.2 Å². The van der Waals surface area contributed by atoms with Crippen LogP contribution in [-0.4, -0.2) is 27.0 Å². The lowest BCUT2D eigenvalue weighted by Gasteiger charge is -2.12. The van der Waals surface area contributed by atoms with E-state index in [2.05, 4.69) is 32.4 Å². The van der Waals surface area contributed by atoms with E-state index in [1.807, 2.05) is 49.4 Å². The van der Waals surface area contributed by atoms with Gasteiger partial charge >= 0.3 is 0 Å². The van der Waals surface area contributed by atoms with Crippen LogP contribution in [-0.2, 0) is 16.1 Å². The van der Waals surface area contributed by atoms with E-state index in [9.17, 15) is 9.59 Å². The van der Waals surface area contributed by atoms with Crippen LogP contribution in [0.15, 0.2) is 61.3 Å². The van der Waals surface area contributed by atoms with E-state index >= 15 is 0 Å². The van der Waals surface area contributed by atoms with Gasteiger partial charge in [0.1, 0.15) is 0 Å². The fourth-order valence-electron chi connectivity index (χ4n) is 3.30. The molecule has 7 heteroatoms. The molecule has 2 amide bonds. The van der Waals surface area contributed by atoms with Gasteiger partial charge in [-0.25, -0.2) is 0 Å². The van der Waals surface area contributed by atoms with Gasteiger partial charge in [0, 0.05) is 29.4 Å². The maximum atomic E-state index is 12.6. The summed E-state index contributed by atoms with van der Waals surface area (Å²) in [4.78, 5) is 28.3. The Balaban J connectivity index is 1.36. The summed E-state index contributed by atoms with van der Waals surface area (Å²) < 4.78 is 0. The van der Waals surface area contributed by atoms with Crippen molar-refractivity contribution < 1.29 is 9.59 Å². The van der Waals surface area contributed by atoms with Gasteiger partial charge in [-0.05, 0) is 43.0 Å². The van der Waals surface area contributed by atoms with E-state index < -0.39 is 0 Å². The molecule has 2 heterocycles. The number of anilines is 1. The molecule has 0 saturated heterocycles. The third kappa shape index (κ3) is 5.06.